The fourth-order valence-electron chi connectivity index (χ4n) is 2.28. The molecule has 3 heteroatoms. The minimum Gasteiger partial charge on any atom is -0.371 e. The molecule has 0 aliphatic heterocycles. The molecule has 1 aromatic rings. The van der Waals surface area contributed by atoms with Crippen molar-refractivity contribution in [3.05, 3.63) is 29.6 Å². The predicted molar refractivity (Wildman–Crippen MR) is 85.7 cm³/mol. The molecular weight excluding hydrogens is 251 g/mol. The van der Waals surface area contributed by atoms with Crippen molar-refractivity contribution < 1.29 is 4.39 Å². The quantitative estimate of drug-likeness (QED) is 0.884. The maximum absolute atomic E-state index is 14.2. The van der Waals surface area contributed by atoms with Crippen LogP contribution in [-0.4, -0.2) is 19.1 Å². The second kappa shape index (κ2) is 6.57. The molecule has 0 aromatic heterocycles. The number of rotatable bonds is 5. The van der Waals surface area contributed by atoms with Crippen molar-refractivity contribution in [1.29, 1.82) is 0 Å². The molecule has 0 aliphatic rings. The molecule has 0 bridgehead atoms. The van der Waals surface area contributed by atoms with Crippen molar-refractivity contribution in [3.63, 3.8) is 0 Å². The summed E-state index contributed by atoms with van der Waals surface area (Å²) in [6.07, 6.45) is 1.44. The highest BCUT2D eigenvalue weighted by molar-refractivity contribution is 5.55. The van der Waals surface area contributed by atoms with Crippen molar-refractivity contribution in [3.8, 4) is 0 Å². The standard InChI is InChI=1S/C17H29FN2/c1-7-13(19)11-14-15(18)9-8-10-16(14)20(6)12(2)17(3,4)5/h8-10,12-13H,7,11,19H2,1-6H3. The van der Waals surface area contributed by atoms with Gasteiger partial charge in [0.2, 0.25) is 0 Å². The molecule has 0 heterocycles. The van der Waals surface area contributed by atoms with Gasteiger partial charge in [-0.1, -0.05) is 33.8 Å². The zero-order valence-electron chi connectivity index (χ0n) is 13.7. The Balaban J connectivity index is 3.14. The van der Waals surface area contributed by atoms with Crippen LogP contribution in [0.1, 0.15) is 46.6 Å². The van der Waals surface area contributed by atoms with Gasteiger partial charge in [-0.25, -0.2) is 4.39 Å². The van der Waals surface area contributed by atoms with E-state index in [4.69, 9.17) is 5.73 Å². The van der Waals surface area contributed by atoms with Crippen molar-refractivity contribution in [2.45, 2.75) is 59.5 Å². The van der Waals surface area contributed by atoms with E-state index in [9.17, 15) is 4.39 Å². The average Bonchev–Trinajstić information content (AvgIpc) is 2.38. The van der Waals surface area contributed by atoms with E-state index in [1.54, 1.807) is 6.07 Å². The van der Waals surface area contributed by atoms with Crippen molar-refractivity contribution in [2.75, 3.05) is 11.9 Å². The van der Waals surface area contributed by atoms with E-state index in [1.807, 2.05) is 20.0 Å². The van der Waals surface area contributed by atoms with E-state index in [0.29, 0.717) is 12.5 Å². The van der Waals surface area contributed by atoms with Crippen molar-refractivity contribution in [1.82, 2.24) is 0 Å². The third-order valence-corrected chi connectivity index (χ3v) is 4.30. The van der Waals surface area contributed by atoms with Crippen LogP contribution in [0.15, 0.2) is 18.2 Å². The highest BCUT2D eigenvalue weighted by Gasteiger charge is 2.26. The second-order valence-corrected chi connectivity index (χ2v) is 6.76. The predicted octanol–water partition coefficient (Wildman–Crippen LogP) is 3.98. The number of benzene rings is 1. The van der Waals surface area contributed by atoms with Gasteiger partial charge in [0.25, 0.3) is 0 Å². The number of nitrogens with two attached hydrogens (primary N) is 1. The van der Waals surface area contributed by atoms with Crippen LogP contribution >= 0.6 is 0 Å². The van der Waals surface area contributed by atoms with Crippen LogP contribution < -0.4 is 10.6 Å². The van der Waals surface area contributed by atoms with Gasteiger partial charge in [-0.05, 0) is 37.3 Å². The van der Waals surface area contributed by atoms with Gasteiger partial charge >= 0.3 is 0 Å². The van der Waals surface area contributed by atoms with Gasteiger partial charge in [-0.3, -0.25) is 0 Å². The first-order valence-corrected chi connectivity index (χ1v) is 7.44. The first-order chi connectivity index (χ1) is 9.18. The van der Waals surface area contributed by atoms with E-state index in [0.717, 1.165) is 17.7 Å². The van der Waals surface area contributed by atoms with Crippen LogP contribution in [0.4, 0.5) is 10.1 Å². The highest BCUT2D eigenvalue weighted by Crippen LogP contribution is 2.31. The lowest BCUT2D eigenvalue weighted by Gasteiger charge is -2.38. The van der Waals surface area contributed by atoms with Crippen molar-refractivity contribution >= 4 is 5.69 Å². The maximum atomic E-state index is 14.2. The molecule has 1 rings (SSSR count). The number of anilines is 1. The lowest BCUT2D eigenvalue weighted by atomic mass is 9.86. The fourth-order valence-corrected chi connectivity index (χ4v) is 2.28. The summed E-state index contributed by atoms with van der Waals surface area (Å²) < 4.78 is 14.2. The summed E-state index contributed by atoms with van der Waals surface area (Å²) in [5, 5.41) is 0. The lowest BCUT2D eigenvalue weighted by molar-refractivity contribution is 0.329. The number of hydrogen-bond acceptors (Lipinski definition) is 2. The Morgan fingerprint density at radius 2 is 1.90 bits per heavy atom. The van der Waals surface area contributed by atoms with E-state index in [1.165, 1.54) is 6.07 Å². The molecule has 114 valence electrons. The van der Waals surface area contributed by atoms with Crippen molar-refractivity contribution in [2.24, 2.45) is 11.1 Å². The van der Waals surface area contributed by atoms with Gasteiger partial charge < -0.3 is 10.6 Å². The van der Waals surface area contributed by atoms with Crippen LogP contribution in [0.25, 0.3) is 0 Å². The monoisotopic (exact) mass is 280 g/mol. The van der Waals surface area contributed by atoms with Gasteiger partial charge in [0.1, 0.15) is 5.82 Å². The van der Waals surface area contributed by atoms with Crippen LogP contribution in [0.5, 0.6) is 0 Å². The summed E-state index contributed by atoms with van der Waals surface area (Å²) in [4.78, 5) is 2.17. The minimum absolute atomic E-state index is 0.00370. The van der Waals surface area contributed by atoms with Gasteiger partial charge in [-0.15, -0.1) is 0 Å². The Morgan fingerprint density at radius 3 is 2.40 bits per heavy atom. The van der Waals surface area contributed by atoms with E-state index in [-0.39, 0.29) is 17.3 Å². The summed E-state index contributed by atoms with van der Waals surface area (Å²) >= 11 is 0. The van der Waals surface area contributed by atoms with Crippen LogP contribution in [0.3, 0.4) is 0 Å². The summed E-state index contributed by atoms with van der Waals surface area (Å²) in [6, 6.07) is 5.60. The molecular formula is C17H29FN2. The third-order valence-electron chi connectivity index (χ3n) is 4.30. The molecule has 0 fully saturated rings. The average molecular weight is 280 g/mol. The molecule has 0 saturated carbocycles. The van der Waals surface area contributed by atoms with Gasteiger partial charge in [-0.2, -0.15) is 0 Å². The number of halogens is 1. The number of nitrogens with zero attached hydrogens (tertiary/aromatic N) is 1. The second-order valence-electron chi connectivity index (χ2n) is 6.76. The van der Waals surface area contributed by atoms with Crippen LogP contribution in [0, 0.1) is 11.2 Å². The summed E-state index contributed by atoms with van der Waals surface area (Å²) in [6.45, 7) is 10.8. The molecule has 0 saturated heterocycles. The Kier molecular flexibility index (Phi) is 5.58. The smallest absolute Gasteiger partial charge is 0.128 e. The zero-order chi connectivity index (χ0) is 15.5. The molecule has 20 heavy (non-hydrogen) atoms. The lowest BCUT2D eigenvalue weighted by Crippen LogP contribution is -2.40. The van der Waals surface area contributed by atoms with E-state index < -0.39 is 0 Å². The molecule has 0 radical (unpaired) electrons. The summed E-state index contributed by atoms with van der Waals surface area (Å²) in [5.41, 5.74) is 7.84. The summed E-state index contributed by atoms with van der Waals surface area (Å²) in [7, 11) is 2.03. The molecule has 2 nitrogen and oxygen atoms in total. The maximum Gasteiger partial charge on any atom is 0.128 e. The Morgan fingerprint density at radius 1 is 1.30 bits per heavy atom. The molecule has 0 aliphatic carbocycles. The van der Waals surface area contributed by atoms with E-state index >= 15 is 0 Å². The largest absolute Gasteiger partial charge is 0.371 e. The van der Waals surface area contributed by atoms with E-state index in [2.05, 4.69) is 32.6 Å². The van der Waals surface area contributed by atoms with Crippen LogP contribution in [-0.2, 0) is 6.42 Å². The first-order valence-electron chi connectivity index (χ1n) is 7.44. The Bertz CT molecular complexity index is 437. The van der Waals surface area contributed by atoms with Gasteiger partial charge in [0, 0.05) is 30.4 Å². The topological polar surface area (TPSA) is 29.3 Å². The van der Waals surface area contributed by atoms with Gasteiger partial charge in [0.15, 0.2) is 0 Å². The molecule has 0 spiro atoms. The SMILES string of the molecule is CCC(N)Cc1c(F)cccc1N(C)C(C)C(C)(C)C. The minimum atomic E-state index is -0.153. The van der Waals surface area contributed by atoms with Crippen LogP contribution in [0.2, 0.25) is 0 Å². The zero-order valence-corrected chi connectivity index (χ0v) is 13.7. The molecule has 2 atom stereocenters. The molecule has 2 N–H and O–H groups in total. The normalized spacial score (nSPS) is 15.0. The Labute approximate surface area is 123 Å². The summed E-state index contributed by atoms with van der Waals surface area (Å²) in [5.74, 6) is -0.153. The molecule has 0 amide bonds. The highest BCUT2D eigenvalue weighted by atomic mass is 19.1. The Hall–Kier alpha value is -1.09. The molecule has 2 unspecified atom stereocenters. The van der Waals surface area contributed by atoms with Gasteiger partial charge in [0.05, 0.1) is 0 Å². The fraction of sp³-hybridized carbons (Fsp3) is 0.647. The third kappa shape index (κ3) is 3.95. The first kappa shape index (κ1) is 17.0. The number of hydrogen-bond donors (Lipinski definition) is 1. The molecule has 1 aromatic carbocycles.